The monoisotopic (exact) mass is 956 g/mol. The van der Waals surface area contributed by atoms with E-state index in [1.54, 1.807) is 11.3 Å². The predicted octanol–water partition coefficient (Wildman–Crippen LogP) is 11.7. The number of ether oxygens (including phenoxy) is 2. The highest BCUT2D eigenvalue weighted by Crippen LogP contribution is 2.87. The van der Waals surface area contributed by atoms with Crippen LogP contribution in [0.4, 0.5) is 0 Å². The number of aliphatic hydroxyl groups is 1. The van der Waals surface area contributed by atoms with Gasteiger partial charge in [-0.3, -0.25) is 9.69 Å². The van der Waals surface area contributed by atoms with Crippen molar-refractivity contribution < 1.29 is 24.2 Å². The predicted molar refractivity (Wildman–Crippen MR) is 274 cm³/mol. The number of aliphatic hydroxyl groups excluding tert-OH is 1. The highest BCUT2D eigenvalue weighted by Gasteiger charge is 2.93. The van der Waals surface area contributed by atoms with Crippen LogP contribution in [0.1, 0.15) is 168 Å². The van der Waals surface area contributed by atoms with Crippen LogP contribution in [0.25, 0.3) is 0 Å². The number of nitrogens with zero attached hydrogens (tertiary/aromatic N) is 2. The van der Waals surface area contributed by atoms with E-state index in [0.717, 1.165) is 88.5 Å². The molecule has 8 nitrogen and oxygen atoms in total. The Morgan fingerprint density at radius 1 is 0.873 bits per heavy atom. The van der Waals surface area contributed by atoms with Gasteiger partial charge < -0.3 is 25.2 Å². The summed E-state index contributed by atoms with van der Waals surface area (Å²) in [5.41, 5.74) is 15.9. The summed E-state index contributed by atoms with van der Waals surface area (Å²) in [4.78, 5) is 37.4. The van der Waals surface area contributed by atoms with Crippen LogP contribution in [0.2, 0.25) is 0 Å². The summed E-state index contributed by atoms with van der Waals surface area (Å²) < 4.78 is 14.5. The first-order chi connectivity index (χ1) is 34.7. The summed E-state index contributed by atoms with van der Waals surface area (Å²) in [5, 5.41) is 13.7. The van der Waals surface area contributed by atoms with Crippen molar-refractivity contribution in [2.24, 2.45) is 63.4 Å². The van der Waals surface area contributed by atoms with Crippen LogP contribution in [-0.4, -0.2) is 65.1 Å². The minimum absolute atomic E-state index is 0.141. The Morgan fingerprint density at radius 2 is 1.70 bits per heavy atom. The second-order valence-corrected chi connectivity index (χ2v) is 26.0. The Kier molecular flexibility index (Phi) is 9.95. The lowest BCUT2D eigenvalue weighted by molar-refractivity contribution is -0.276. The number of hydrogen-bond donors (Lipinski definition) is 2. The fraction of sp³-hybridized carbons (Fsp3) is 0.651. The lowest BCUT2D eigenvalue weighted by Crippen LogP contribution is -2.77. The summed E-state index contributed by atoms with van der Waals surface area (Å²) in [6, 6.07) is 16.4. The van der Waals surface area contributed by atoms with Crippen molar-refractivity contribution in [2.45, 2.75) is 172 Å². The molecule has 8 heteroatoms. The van der Waals surface area contributed by atoms with Gasteiger partial charge in [-0.1, -0.05) is 104 Å². The fourth-order valence-corrected chi connectivity index (χ4v) is 20.8. The summed E-state index contributed by atoms with van der Waals surface area (Å²) in [6.07, 6.45) is 26.9. The number of esters is 2. The quantitative estimate of drug-likeness (QED) is 0.286. The normalized spacial score (nSPS) is 42.1. The van der Waals surface area contributed by atoms with Crippen molar-refractivity contribution in [3.05, 3.63) is 116 Å². The van der Waals surface area contributed by atoms with Crippen LogP contribution in [0.3, 0.4) is 0 Å². The summed E-state index contributed by atoms with van der Waals surface area (Å²) >= 11 is 0. The number of carbonyl (C=O) groups excluding carboxylic acids is 2. The van der Waals surface area contributed by atoms with Gasteiger partial charge in [0.2, 0.25) is 0 Å². The molecule has 0 amide bonds. The number of hydrogen-bond acceptors (Lipinski definition) is 8. The van der Waals surface area contributed by atoms with E-state index < -0.39 is 16.4 Å². The second kappa shape index (κ2) is 15.9. The highest BCUT2D eigenvalue weighted by molar-refractivity contribution is 6.00. The van der Waals surface area contributed by atoms with E-state index >= 15 is 9.59 Å². The van der Waals surface area contributed by atoms with Crippen molar-refractivity contribution in [1.29, 1.82) is 0 Å². The Bertz CT molecular complexity index is 2760. The van der Waals surface area contributed by atoms with Crippen LogP contribution in [-0.2, 0) is 39.1 Å². The van der Waals surface area contributed by atoms with Gasteiger partial charge in [-0.05, 0) is 173 Å². The molecule has 16 aliphatic rings. The molecule has 4 spiro atoms. The topological polar surface area (TPSA) is 105 Å². The molecule has 2 aromatic rings. The van der Waals surface area contributed by atoms with Gasteiger partial charge in [-0.15, -0.1) is 0 Å². The highest BCUT2D eigenvalue weighted by atomic mass is 16.6. The minimum atomic E-state index is -1.17. The molecule has 9 heterocycles. The molecule has 18 rings (SSSR count). The third-order valence-electron chi connectivity index (χ3n) is 23.1. The standard InChI is InChI=1S/C63H77N3O5/c1-37-27-42-19-20-50-44-30-40-34-65(36-44)46(32-45-16-4-5-22-60(45)23-6-7-24-60)33-51(67)57-61-25-21-47-49-31-43(53(37)55(47)56(42)66(50)35-40)29-39-13-8-12-38(28-39)11-2-3-18-52(62(49,61)59(69)70-57)63(61)48-17-9-14-41(15-10-26-64)54(48)58(68)71-63/h8-9,12-14,17,28,31,37,40,44-46,50,52-53,55,67H,2-7,10-11,15-16,18-27,29-30,32-36,64H2,1H3/b57-51-/t37-,40+,44-,45-,46-,50-,52-,53-,55-,61+,62-,63+/m0/s1. The van der Waals surface area contributed by atoms with Gasteiger partial charge in [-0.2, -0.15) is 0 Å². The average molecular weight is 956 g/mol. The molecular weight excluding hydrogens is 879 g/mol. The molecule has 15 bridgehead atoms. The largest absolute Gasteiger partial charge is 0.509 e. The van der Waals surface area contributed by atoms with Gasteiger partial charge in [0.25, 0.3) is 0 Å². The Morgan fingerprint density at radius 3 is 2.58 bits per heavy atom. The zero-order chi connectivity index (χ0) is 47.6. The average Bonchev–Trinajstić information content (AvgIpc) is 4.05. The number of carbonyl (C=O) groups is 2. The first kappa shape index (κ1) is 44.4. The maximum atomic E-state index is 16.4. The van der Waals surface area contributed by atoms with Crippen molar-refractivity contribution in [2.75, 3.05) is 26.2 Å². The number of fused-ring (bicyclic) bond motifs is 6. The van der Waals surface area contributed by atoms with Gasteiger partial charge in [0.05, 0.1) is 11.0 Å². The van der Waals surface area contributed by atoms with Crippen molar-refractivity contribution in [1.82, 2.24) is 9.80 Å². The second-order valence-electron chi connectivity index (χ2n) is 26.0. The minimum Gasteiger partial charge on any atom is -0.509 e. The Hall–Kier alpha value is -4.14. The number of benzene rings is 2. The SMILES string of the molecule is C[C@H]1CC2=C3[C@H]4C5=C6C=C(Cc7cccc(c7)CCCC[C@H]7[C@]68C(=O)O/C(=C(\O)C[C@H](C[C@@H]6CCCCC69CCCC9)N6C[C@H]9C[C@@H](C6)[C@H](CC2)N3C9)[C@@]8(CC5)[C@]72OC(=O)c3c(CCCN)cccc32)[C@@H]41. The van der Waals surface area contributed by atoms with E-state index in [4.69, 9.17) is 15.2 Å². The molecule has 71 heavy (non-hydrogen) atoms. The van der Waals surface area contributed by atoms with Crippen molar-refractivity contribution in [3.8, 4) is 0 Å². The third-order valence-corrected chi connectivity index (χ3v) is 23.1. The van der Waals surface area contributed by atoms with Crippen LogP contribution in [0.5, 0.6) is 0 Å². The van der Waals surface area contributed by atoms with E-state index in [0.29, 0.717) is 78.2 Å². The van der Waals surface area contributed by atoms with E-state index in [2.05, 4.69) is 65.3 Å². The van der Waals surface area contributed by atoms with Crippen molar-refractivity contribution >= 4 is 11.9 Å². The molecule has 7 aliphatic carbocycles. The van der Waals surface area contributed by atoms with Gasteiger partial charge in [0, 0.05) is 61.2 Å². The number of piperidine rings is 2. The Labute approximate surface area is 421 Å². The molecule has 1 unspecified atom stereocenters. The first-order valence-corrected chi connectivity index (χ1v) is 29.1. The molecule has 3 saturated heterocycles. The number of aryl methyl sites for hydroxylation is 2. The van der Waals surface area contributed by atoms with Gasteiger partial charge in [0.1, 0.15) is 11.2 Å². The lowest BCUT2D eigenvalue weighted by Gasteiger charge is -2.71. The van der Waals surface area contributed by atoms with E-state index in [9.17, 15) is 5.11 Å². The van der Waals surface area contributed by atoms with Crippen LogP contribution in [0, 0.1) is 57.7 Å². The zero-order valence-electron chi connectivity index (χ0n) is 42.5. The van der Waals surface area contributed by atoms with E-state index in [-0.39, 0.29) is 35.6 Å². The van der Waals surface area contributed by atoms with Crippen LogP contribution in [0.15, 0.2) is 88.0 Å². The Balaban J connectivity index is 1.00. The smallest absolute Gasteiger partial charge is 0.339 e. The maximum Gasteiger partial charge on any atom is 0.339 e. The third kappa shape index (κ3) is 5.76. The molecule has 0 aromatic heterocycles. The van der Waals surface area contributed by atoms with Gasteiger partial charge in [-0.25, -0.2) is 4.79 Å². The molecule has 13 atom stereocenters. The zero-order valence-corrected chi connectivity index (χ0v) is 42.5. The van der Waals surface area contributed by atoms with E-state index in [1.165, 1.54) is 98.5 Å². The molecule has 374 valence electrons. The molecule has 3 saturated carbocycles. The van der Waals surface area contributed by atoms with Crippen LogP contribution < -0.4 is 5.73 Å². The summed E-state index contributed by atoms with van der Waals surface area (Å²) in [7, 11) is 0. The molecule has 3 N–H and O–H groups in total. The van der Waals surface area contributed by atoms with Gasteiger partial charge in [0.15, 0.2) is 11.4 Å². The summed E-state index contributed by atoms with van der Waals surface area (Å²) in [6.45, 7) is 6.33. The fourth-order valence-electron chi connectivity index (χ4n) is 20.8. The molecule has 9 aliphatic heterocycles. The number of nitrogens with two attached hydrogens (primary N) is 1. The van der Waals surface area contributed by atoms with Gasteiger partial charge >= 0.3 is 11.9 Å². The molecule has 2 aromatic carbocycles. The first-order valence-electron chi connectivity index (χ1n) is 29.1. The maximum absolute atomic E-state index is 16.4. The van der Waals surface area contributed by atoms with E-state index in [1.807, 2.05) is 0 Å². The molecule has 0 radical (unpaired) electrons. The summed E-state index contributed by atoms with van der Waals surface area (Å²) in [5.74, 6) is 2.66. The molecular formula is C63H77N3O5. The number of rotatable bonds is 5. The van der Waals surface area contributed by atoms with Crippen LogP contribution >= 0.6 is 0 Å². The number of allylic oxidation sites excluding steroid dienone is 4. The lowest BCUT2D eigenvalue weighted by atomic mass is 9.29. The van der Waals surface area contributed by atoms with Crippen molar-refractivity contribution in [3.63, 3.8) is 0 Å². The molecule has 6 fully saturated rings.